The van der Waals surface area contributed by atoms with Crippen molar-refractivity contribution in [3.8, 4) is 0 Å². The lowest BCUT2D eigenvalue weighted by atomic mass is 9.96. The first kappa shape index (κ1) is 14.8. The van der Waals surface area contributed by atoms with E-state index in [9.17, 15) is 0 Å². The molecule has 0 amide bonds. The molecule has 3 heterocycles. The van der Waals surface area contributed by atoms with Gasteiger partial charge in [0.2, 0.25) is 0 Å². The molecule has 3 rings (SSSR count). The van der Waals surface area contributed by atoms with E-state index in [1.165, 1.54) is 0 Å². The molecule has 0 spiro atoms. The zero-order valence-electron chi connectivity index (χ0n) is 13.3. The van der Waals surface area contributed by atoms with Gasteiger partial charge in [0.1, 0.15) is 5.82 Å². The Labute approximate surface area is 130 Å². The summed E-state index contributed by atoms with van der Waals surface area (Å²) in [6, 6.07) is 0. The number of piperazine rings is 1. The third kappa shape index (κ3) is 3.22. The molecule has 0 bridgehead atoms. The maximum atomic E-state index is 4.36. The fourth-order valence-electron chi connectivity index (χ4n) is 2.60. The molecule has 2 aromatic rings. The fourth-order valence-corrected chi connectivity index (χ4v) is 2.60. The van der Waals surface area contributed by atoms with E-state index in [-0.39, 0.29) is 5.41 Å². The van der Waals surface area contributed by atoms with Crippen LogP contribution in [0.5, 0.6) is 0 Å². The predicted octanol–water partition coefficient (Wildman–Crippen LogP) is 0.540. The van der Waals surface area contributed by atoms with Crippen LogP contribution in [-0.4, -0.2) is 61.3 Å². The van der Waals surface area contributed by atoms with E-state index in [0.29, 0.717) is 0 Å². The summed E-state index contributed by atoms with van der Waals surface area (Å²) in [7, 11) is 0. The number of hydrogen-bond donors (Lipinski definition) is 0. The molecule has 1 aliphatic heterocycles. The van der Waals surface area contributed by atoms with Crippen molar-refractivity contribution in [1.82, 2.24) is 35.1 Å². The Balaban J connectivity index is 1.60. The summed E-state index contributed by atoms with van der Waals surface area (Å²) in [4.78, 5) is 13.1. The molecule has 0 saturated carbocycles. The maximum absolute atomic E-state index is 4.36. The molecular formula is C14H22N8. The van der Waals surface area contributed by atoms with Crippen LogP contribution >= 0.6 is 0 Å². The topological polar surface area (TPSA) is 75.9 Å². The minimum atomic E-state index is -0.0506. The summed E-state index contributed by atoms with van der Waals surface area (Å²) in [6.07, 6.45) is 5.25. The monoisotopic (exact) mass is 302 g/mol. The molecule has 0 N–H and O–H groups in total. The van der Waals surface area contributed by atoms with Gasteiger partial charge in [-0.3, -0.25) is 9.88 Å². The number of aromatic nitrogens is 6. The largest absolute Gasteiger partial charge is 0.353 e. The lowest BCUT2D eigenvalue weighted by molar-refractivity contribution is 0.187. The first-order valence-electron chi connectivity index (χ1n) is 7.54. The first-order chi connectivity index (χ1) is 10.5. The Bertz CT molecular complexity index is 595. The highest BCUT2D eigenvalue weighted by atomic mass is 15.6. The minimum absolute atomic E-state index is 0.0506. The van der Waals surface area contributed by atoms with Crippen molar-refractivity contribution in [2.75, 3.05) is 31.1 Å². The number of hydrogen-bond acceptors (Lipinski definition) is 7. The Morgan fingerprint density at radius 1 is 1.09 bits per heavy atom. The van der Waals surface area contributed by atoms with Gasteiger partial charge in [0, 0.05) is 44.0 Å². The molecule has 1 saturated heterocycles. The van der Waals surface area contributed by atoms with Crippen molar-refractivity contribution in [1.29, 1.82) is 0 Å². The Kier molecular flexibility index (Phi) is 4.02. The lowest BCUT2D eigenvalue weighted by Gasteiger charge is -2.35. The maximum Gasteiger partial charge on any atom is 0.158 e. The predicted molar refractivity (Wildman–Crippen MR) is 82.3 cm³/mol. The highest BCUT2D eigenvalue weighted by Gasteiger charge is 2.24. The van der Waals surface area contributed by atoms with Crippen molar-refractivity contribution >= 4 is 5.82 Å². The van der Waals surface area contributed by atoms with Crippen molar-refractivity contribution in [3.05, 3.63) is 24.4 Å². The van der Waals surface area contributed by atoms with E-state index in [1.54, 1.807) is 12.4 Å². The zero-order chi connectivity index (χ0) is 15.6. The smallest absolute Gasteiger partial charge is 0.158 e. The van der Waals surface area contributed by atoms with Crippen molar-refractivity contribution in [3.63, 3.8) is 0 Å². The SMILES string of the molecule is CC(C)(C)c1nnnn1CN1CCN(c2cnccn2)CC1. The number of nitrogens with zero attached hydrogens (tertiary/aromatic N) is 8. The van der Waals surface area contributed by atoms with Crippen LogP contribution in [0.3, 0.4) is 0 Å². The molecule has 0 unspecified atom stereocenters. The molecule has 0 aliphatic carbocycles. The highest BCUT2D eigenvalue weighted by molar-refractivity contribution is 5.35. The second-order valence-corrected chi connectivity index (χ2v) is 6.56. The van der Waals surface area contributed by atoms with E-state index < -0.39 is 0 Å². The van der Waals surface area contributed by atoms with Crippen LogP contribution in [0, 0.1) is 0 Å². The summed E-state index contributed by atoms with van der Waals surface area (Å²) < 4.78 is 1.90. The van der Waals surface area contributed by atoms with Crippen molar-refractivity contribution in [2.24, 2.45) is 0 Å². The van der Waals surface area contributed by atoms with Gasteiger partial charge in [-0.25, -0.2) is 9.67 Å². The van der Waals surface area contributed by atoms with Gasteiger partial charge >= 0.3 is 0 Å². The van der Waals surface area contributed by atoms with Gasteiger partial charge in [0.25, 0.3) is 0 Å². The van der Waals surface area contributed by atoms with Crippen LogP contribution in [0.2, 0.25) is 0 Å². The first-order valence-corrected chi connectivity index (χ1v) is 7.54. The van der Waals surface area contributed by atoms with Gasteiger partial charge in [-0.05, 0) is 10.4 Å². The van der Waals surface area contributed by atoms with Crippen molar-refractivity contribution in [2.45, 2.75) is 32.9 Å². The van der Waals surface area contributed by atoms with E-state index in [1.807, 2.05) is 10.9 Å². The molecule has 8 heteroatoms. The number of rotatable bonds is 3. The normalized spacial score (nSPS) is 17.0. The van der Waals surface area contributed by atoms with Gasteiger partial charge in [0.05, 0.1) is 12.9 Å². The summed E-state index contributed by atoms with van der Waals surface area (Å²) in [5.41, 5.74) is -0.0506. The number of tetrazole rings is 1. The molecule has 0 atom stereocenters. The molecule has 1 aliphatic rings. The van der Waals surface area contributed by atoms with E-state index in [2.05, 4.69) is 56.1 Å². The van der Waals surface area contributed by atoms with E-state index in [0.717, 1.165) is 44.5 Å². The van der Waals surface area contributed by atoms with E-state index >= 15 is 0 Å². The minimum Gasteiger partial charge on any atom is -0.353 e. The standard InChI is InChI=1S/C14H22N8/c1-14(2,3)13-17-18-19-22(13)11-20-6-8-21(9-7-20)12-10-15-4-5-16-12/h4-5,10H,6-9,11H2,1-3H3. The van der Waals surface area contributed by atoms with Crippen LogP contribution in [0.4, 0.5) is 5.82 Å². The van der Waals surface area contributed by atoms with Crippen LogP contribution in [-0.2, 0) is 12.1 Å². The fraction of sp³-hybridized carbons (Fsp3) is 0.643. The van der Waals surface area contributed by atoms with Crippen LogP contribution in [0.1, 0.15) is 26.6 Å². The summed E-state index contributed by atoms with van der Waals surface area (Å²) in [5.74, 6) is 1.86. The van der Waals surface area contributed by atoms with Crippen LogP contribution in [0.15, 0.2) is 18.6 Å². The average Bonchev–Trinajstić information content (AvgIpc) is 2.97. The number of anilines is 1. The van der Waals surface area contributed by atoms with Crippen molar-refractivity contribution < 1.29 is 0 Å². The third-order valence-corrected chi connectivity index (χ3v) is 3.78. The molecule has 118 valence electrons. The summed E-state index contributed by atoms with van der Waals surface area (Å²) in [6.45, 7) is 10.9. The second-order valence-electron chi connectivity index (χ2n) is 6.56. The zero-order valence-corrected chi connectivity index (χ0v) is 13.3. The third-order valence-electron chi connectivity index (χ3n) is 3.78. The Morgan fingerprint density at radius 2 is 1.86 bits per heavy atom. The highest BCUT2D eigenvalue weighted by Crippen LogP contribution is 2.19. The van der Waals surface area contributed by atoms with Gasteiger partial charge in [-0.1, -0.05) is 20.8 Å². The van der Waals surface area contributed by atoms with Crippen LogP contribution < -0.4 is 4.90 Å². The van der Waals surface area contributed by atoms with Gasteiger partial charge < -0.3 is 4.90 Å². The molecule has 0 radical (unpaired) electrons. The summed E-state index contributed by atoms with van der Waals surface area (Å²) in [5, 5.41) is 12.1. The lowest BCUT2D eigenvalue weighted by Crippen LogP contribution is -2.47. The Morgan fingerprint density at radius 3 is 2.50 bits per heavy atom. The van der Waals surface area contributed by atoms with Gasteiger partial charge in [-0.15, -0.1) is 5.10 Å². The average molecular weight is 302 g/mol. The van der Waals surface area contributed by atoms with Crippen LogP contribution in [0.25, 0.3) is 0 Å². The molecule has 0 aromatic carbocycles. The Hall–Kier alpha value is -2.09. The second kappa shape index (κ2) is 5.96. The van der Waals surface area contributed by atoms with Gasteiger partial charge in [0.15, 0.2) is 5.82 Å². The summed E-state index contributed by atoms with van der Waals surface area (Å²) >= 11 is 0. The molecule has 22 heavy (non-hydrogen) atoms. The molecule has 2 aromatic heterocycles. The molecule has 8 nitrogen and oxygen atoms in total. The molecule has 1 fully saturated rings. The molecular weight excluding hydrogens is 280 g/mol. The van der Waals surface area contributed by atoms with E-state index in [4.69, 9.17) is 0 Å². The quantitative estimate of drug-likeness (QED) is 0.819. The van der Waals surface area contributed by atoms with Gasteiger partial charge in [-0.2, -0.15) is 0 Å².